The van der Waals surface area contributed by atoms with E-state index in [2.05, 4.69) is 51.9 Å². The Labute approximate surface area is 167 Å². The number of carbonyl (C=O) groups is 1. The zero-order chi connectivity index (χ0) is 19.8. The molecule has 0 aliphatic carbocycles. The predicted molar refractivity (Wildman–Crippen MR) is 116 cm³/mol. The Morgan fingerprint density at radius 3 is 2.57 bits per heavy atom. The Morgan fingerprint density at radius 2 is 1.82 bits per heavy atom. The van der Waals surface area contributed by atoms with Crippen LogP contribution in [-0.4, -0.2) is 74.7 Å². The molecule has 1 heterocycles. The standard InChI is InChI=1S/C22H32N4O2/c1-3-26(4-2)21(27)17-24-20-10-9-18-7-5-6-8-19(18)22(20)23-11-12-25-13-15-28-16-14-25/h5-10,23-24H,3-4,11-17H2,1-2H3. The number of nitrogens with one attached hydrogen (secondary N) is 2. The highest BCUT2D eigenvalue weighted by atomic mass is 16.5. The van der Waals surface area contributed by atoms with Crippen LogP contribution in [0, 0.1) is 0 Å². The summed E-state index contributed by atoms with van der Waals surface area (Å²) in [6, 6.07) is 12.5. The van der Waals surface area contributed by atoms with Gasteiger partial charge in [-0.3, -0.25) is 9.69 Å². The Bertz CT molecular complexity index is 770. The van der Waals surface area contributed by atoms with Gasteiger partial charge in [-0.05, 0) is 25.3 Å². The highest BCUT2D eigenvalue weighted by molar-refractivity contribution is 6.00. The summed E-state index contributed by atoms with van der Waals surface area (Å²) in [6.45, 7) is 11.2. The first-order valence-electron chi connectivity index (χ1n) is 10.3. The number of ether oxygens (including phenoxy) is 1. The number of rotatable bonds is 9. The molecular formula is C22H32N4O2. The second kappa shape index (κ2) is 10.3. The van der Waals surface area contributed by atoms with Gasteiger partial charge in [0.1, 0.15) is 0 Å². The fourth-order valence-electron chi connectivity index (χ4n) is 3.63. The average molecular weight is 385 g/mol. The summed E-state index contributed by atoms with van der Waals surface area (Å²) in [5, 5.41) is 9.33. The first-order valence-corrected chi connectivity index (χ1v) is 10.3. The summed E-state index contributed by atoms with van der Waals surface area (Å²) in [5.74, 6) is 0.123. The zero-order valence-corrected chi connectivity index (χ0v) is 17.0. The molecule has 1 aliphatic rings. The van der Waals surface area contributed by atoms with Gasteiger partial charge in [0.25, 0.3) is 0 Å². The number of hydrogen-bond acceptors (Lipinski definition) is 5. The molecule has 0 aromatic heterocycles. The fraction of sp³-hybridized carbons (Fsp3) is 0.500. The van der Waals surface area contributed by atoms with Gasteiger partial charge in [-0.15, -0.1) is 0 Å². The smallest absolute Gasteiger partial charge is 0.241 e. The van der Waals surface area contributed by atoms with Crippen molar-refractivity contribution in [3.05, 3.63) is 36.4 Å². The fourth-order valence-corrected chi connectivity index (χ4v) is 3.63. The van der Waals surface area contributed by atoms with Crippen molar-refractivity contribution in [1.82, 2.24) is 9.80 Å². The van der Waals surface area contributed by atoms with E-state index in [9.17, 15) is 4.79 Å². The number of fused-ring (bicyclic) bond motifs is 1. The molecule has 152 valence electrons. The van der Waals surface area contributed by atoms with Crippen molar-refractivity contribution in [2.45, 2.75) is 13.8 Å². The van der Waals surface area contributed by atoms with E-state index in [-0.39, 0.29) is 5.91 Å². The van der Waals surface area contributed by atoms with Gasteiger partial charge in [-0.2, -0.15) is 0 Å². The van der Waals surface area contributed by atoms with Crippen molar-refractivity contribution in [2.75, 3.05) is 69.7 Å². The molecule has 1 fully saturated rings. The third kappa shape index (κ3) is 5.14. The minimum atomic E-state index is 0.123. The molecule has 2 N–H and O–H groups in total. The van der Waals surface area contributed by atoms with E-state index in [1.165, 1.54) is 10.8 Å². The van der Waals surface area contributed by atoms with Gasteiger partial charge in [0.15, 0.2) is 0 Å². The summed E-state index contributed by atoms with van der Waals surface area (Å²) < 4.78 is 5.43. The van der Waals surface area contributed by atoms with Crippen molar-refractivity contribution in [1.29, 1.82) is 0 Å². The molecule has 1 amide bonds. The van der Waals surface area contributed by atoms with E-state index in [4.69, 9.17) is 4.74 Å². The predicted octanol–water partition coefficient (Wildman–Crippen LogP) is 2.86. The first kappa shape index (κ1) is 20.4. The molecule has 6 nitrogen and oxygen atoms in total. The number of anilines is 2. The van der Waals surface area contributed by atoms with Gasteiger partial charge < -0.3 is 20.3 Å². The quantitative estimate of drug-likeness (QED) is 0.696. The Balaban J connectivity index is 1.71. The van der Waals surface area contributed by atoms with Gasteiger partial charge in [0, 0.05) is 44.7 Å². The summed E-state index contributed by atoms with van der Waals surface area (Å²) in [6.07, 6.45) is 0. The largest absolute Gasteiger partial charge is 0.382 e. The van der Waals surface area contributed by atoms with Crippen molar-refractivity contribution in [2.24, 2.45) is 0 Å². The lowest BCUT2D eigenvalue weighted by molar-refractivity contribution is -0.128. The van der Waals surface area contributed by atoms with Crippen molar-refractivity contribution < 1.29 is 9.53 Å². The third-order valence-electron chi connectivity index (χ3n) is 5.31. The minimum absolute atomic E-state index is 0.123. The van der Waals surface area contributed by atoms with Crippen molar-refractivity contribution in [3.8, 4) is 0 Å². The van der Waals surface area contributed by atoms with Crippen LogP contribution in [0.3, 0.4) is 0 Å². The number of benzene rings is 2. The monoisotopic (exact) mass is 384 g/mol. The van der Waals surface area contributed by atoms with Crippen LogP contribution in [0.4, 0.5) is 11.4 Å². The van der Waals surface area contributed by atoms with E-state index in [0.29, 0.717) is 6.54 Å². The Morgan fingerprint density at radius 1 is 1.07 bits per heavy atom. The Kier molecular flexibility index (Phi) is 7.51. The highest BCUT2D eigenvalue weighted by Crippen LogP contribution is 2.31. The first-order chi connectivity index (χ1) is 13.7. The second-order valence-corrected chi connectivity index (χ2v) is 7.01. The summed E-state index contributed by atoms with van der Waals surface area (Å²) in [7, 11) is 0. The maximum absolute atomic E-state index is 12.4. The number of nitrogens with zero attached hydrogens (tertiary/aromatic N) is 2. The molecule has 0 radical (unpaired) electrons. The number of likely N-dealkylation sites (N-methyl/N-ethyl adjacent to an activating group) is 1. The van der Waals surface area contributed by atoms with Crippen LogP contribution in [0.5, 0.6) is 0 Å². The molecule has 2 aromatic rings. The van der Waals surface area contributed by atoms with E-state index >= 15 is 0 Å². The van der Waals surface area contributed by atoms with E-state index in [0.717, 1.165) is 63.9 Å². The number of morpholine rings is 1. The average Bonchev–Trinajstić information content (AvgIpc) is 2.74. The van der Waals surface area contributed by atoms with E-state index < -0.39 is 0 Å². The zero-order valence-electron chi connectivity index (χ0n) is 17.0. The molecule has 1 saturated heterocycles. The summed E-state index contributed by atoms with van der Waals surface area (Å²) in [4.78, 5) is 16.7. The SMILES string of the molecule is CCN(CC)C(=O)CNc1ccc2ccccc2c1NCCN1CCOCC1. The van der Waals surface area contributed by atoms with Crippen molar-refractivity contribution in [3.63, 3.8) is 0 Å². The normalized spacial score (nSPS) is 14.8. The summed E-state index contributed by atoms with van der Waals surface area (Å²) >= 11 is 0. The van der Waals surface area contributed by atoms with Crippen LogP contribution in [0.25, 0.3) is 10.8 Å². The van der Waals surface area contributed by atoms with Crippen LogP contribution in [0.2, 0.25) is 0 Å². The van der Waals surface area contributed by atoms with Gasteiger partial charge in [-0.1, -0.05) is 30.3 Å². The molecule has 2 aromatic carbocycles. The lowest BCUT2D eigenvalue weighted by Gasteiger charge is -2.27. The van der Waals surface area contributed by atoms with E-state index in [1.807, 2.05) is 18.7 Å². The number of carbonyl (C=O) groups excluding carboxylic acids is 1. The molecule has 3 rings (SSSR count). The molecule has 0 atom stereocenters. The van der Waals surface area contributed by atoms with Crippen LogP contribution < -0.4 is 10.6 Å². The molecule has 6 heteroatoms. The molecule has 0 bridgehead atoms. The van der Waals surface area contributed by atoms with Gasteiger partial charge >= 0.3 is 0 Å². The lowest BCUT2D eigenvalue weighted by atomic mass is 10.1. The van der Waals surface area contributed by atoms with Gasteiger partial charge in [0.05, 0.1) is 31.1 Å². The lowest BCUT2D eigenvalue weighted by Crippen LogP contribution is -2.39. The van der Waals surface area contributed by atoms with E-state index in [1.54, 1.807) is 0 Å². The number of hydrogen-bond donors (Lipinski definition) is 2. The minimum Gasteiger partial charge on any atom is -0.382 e. The summed E-state index contributed by atoms with van der Waals surface area (Å²) in [5.41, 5.74) is 2.04. The van der Waals surface area contributed by atoms with Crippen LogP contribution in [0.1, 0.15) is 13.8 Å². The maximum Gasteiger partial charge on any atom is 0.241 e. The van der Waals surface area contributed by atoms with Crippen molar-refractivity contribution >= 4 is 28.1 Å². The van der Waals surface area contributed by atoms with Crippen LogP contribution >= 0.6 is 0 Å². The molecule has 0 spiro atoms. The highest BCUT2D eigenvalue weighted by Gasteiger charge is 2.13. The second-order valence-electron chi connectivity index (χ2n) is 7.01. The maximum atomic E-state index is 12.4. The molecule has 0 unspecified atom stereocenters. The van der Waals surface area contributed by atoms with Crippen LogP contribution in [-0.2, 0) is 9.53 Å². The topological polar surface area (TPSA) is 56.8 Å². The molecule has 0 saturated carbocycles. The molecular weight excluding hydrogens is 352 g/mol. The molecule has 28 heavy (non-hydrogen) atoms. The van der Waals surface area contributed by atoms with Crippen LogP contribution in [0.15, 0.2) is 36.4 Å². The Hall–Kier alpha value is -2.31. The number of amides is 1. The van der Waals surface area contributed by atoms with Gasteiger partial charge in [0.2, 0.25) is 5.91 Å². The molecule has 1 aliphatic heterocycles. The van der Waals surface area contributed by atoms with Gasteiger partial charge in [-0.25, -0.2) is 0 Å². The third-order valence-corrected chi connectivity index (χ3v) is 5.31.